The van der Waals surface area contributed by atoms with Crippen molar-refractivity contribution in [2.75, 3.05) is 23.5 Å². The number of Topliss-reactive ketones (excluding diaryl/α,β-unsaturated/α-hetero) is 1. The summed E-state index contributed by atoms with van der Waals surface area (Å²) in [5.41, 5.74) is 0.692. The third kappa shape index (κ3) is 2.34. The molecule has 1 amide bonds. The molecule has 6 heteroatoms. The number of thioether (sulfide) groups is 1. The molecule has 19 heavy (non-hydrogen) atoms. The summed E-state index contributed by atoms with van der Waals surface area (Å²) in [6.07, 6.45) is 0. The predicted octanol–water partition coefficient (Wildman–Crippen LogP) is 1.43. The Morgan fingerprint density at radius 1 is 1.32 bits per heavy atom. The molecule has 0 aromatic heterocycles. The van der Waals surface area contributed by atoms with Crippen LogP contribution < -0.4 is 4.90 Å². The summed E-state index contributed by atoms with van der Waals surface area (Å²) in [6, 6.07) is 9.06. The highest BCUT2D eigenvalue weighted by atomic mass is 32.2. The molecule has 1 aliphatic rings. The third-order valence-corrected chi connectivity index (χ3v) is 7.21. The Bertz CT molecular complexity index is 532. The normalized spacial score (nSPS) is 26.1. The zero-order chi connectivity index (χ0) is 14.0. The molecule has 1 aliphatic heterocycles. The van der Waals surface area contributed by atoms with Gasteiger partial charge in [0.2, 0.25) is 4.08 Å². The van der Waals surface area contributed by atoms with Crippen LogP contribution in [0.3, 0.4) is 0 Å². The summed E-state index contributed by atoms with van der Waals surface area (Å²) in [5.74, 6) is 0.229. The molecule has 0 spiro atoms. The van der Waals surface area contributed by atoms with E-state index < -0.39 is 20.8 Å². The number of hydrogen-bond donors (Lipinski definition) is 0. The molecule has 1 heterocycles. The summed E-state index contributed by atoms with van der Waals surface area (Å²) in [6.45, 7) is 1.34. The molecule has 0 saturated carbocycles. The molecular formula is C13H15NO3S2. The molecule has 2 atom stereocenters. The molecule has 4 nitrogen and oxygen atoms in total. The van der Waals surface area contributed by atoms with Crippen molar-refractivity contribution in [1.29, 1.82) is 0 Å². The van der Waals surface area contributed by atoms with Gasteiger partial charge >= 0.3 is 0 Å². The van der Waals surface area contributed by atoms with E-state index in [-0.39, 0.29) is 5.78 Å². The average Bonchev–Trinajstić information content (AvgIpc) is 2.81. The van der Waals surface area contributed by atoms with E-state index in [4.69, 9.17) is 0 Å². The summed E-state index contributed by atoms with van der Waals surface area (Å²) < 4.78 is 10.7. The zero-order valence-electron chi connectivity index (χ0n) is 10.8. The highest BCUT2D eigenvalue weighted by Gasteiger charge is 2.54. The van der Waals surface area contributed by atoms with E-state index in [1.165, 1.54) is 23.6 Å². The maximum Gasteiger partial charge on any atom is 0.263 e. The number of carbonyl (C=O) groups is 2. The number of nitrogens with zero attached hydrogens (tertiary/aromatic N) is 1. The first kappa shape index (κ1) is 14.3. The van der Waals surface area contributed by atoms with Crippen molar-refractivity contribution in [2.24, 2.45) is 0 Å². The van der Waals surface area contributed by atoms with Crippen molar-refractivity contribution < 1.29 is 13.8 Å². The number of amides is 1. The van der Waals surface area contributed by atoms with Crippen LogP contribution in [-0.4, -0.2) is 38.5 Å². The third-order valence-electron chi connectivity index (χ3n) is 3.09. The second-order valence-corrected chi connectivity index (χ2v) is 7.55. The lowest BCUT2D eigenvalue weighted by molar-refractivity contribution is -0.125. The molecule has 1 aromatic rings. The molecule has 0 aliphatic carbocycles. The highest BCUT2D eigenvalue weighted by molar-refractivity contribution is 8.17. The van der Waals surface area contributed by atoms with Crippen LogP contribution in [0.5, 0.6) is 0 Å². The van der Waals surface area contributed by atoms with E-state index in [0.717, 1.165) is 0 Å². The standard InChI is InChI=1S/C13H15NO3S2/c1-10(15)13(18-8-9-19(13)17)12(16)14(2)11-6-4-3-5-7-11/h3-7H,8-9H2,1-2H3/t13-,19+/m0/s1. The van der Waals surface area contributed by atoms with Gasteiger partial charge in [0.25, 0.3) is 5.91 Å². The smallest absolute Gasteiger partial charge is 0.263 e. The Balaban J connectivity index is 2.37. The van der Waals surface area contributed by atoms with Crippen LogP contribution in [0.2, 0.25) is 0 Å². The minimum atomic E-state index is -1.45. The van der Waals surface area contributed by atoms with Crippen LogP contribution in [0.4, 0.5) is 5.69 Å². The fourth-order valence-corrected chi connectivity index (χ4v) is 5.69. The molecule has 0 bridgehead atoms. The quantitative estimate of drug-likeness (QED) is 0.792. The van der Waals surface area contributed by atoms with E-state index in [1.54, 1.807) is 19.2 Å². The lowest BCUT2D eigenvalue weighted by Crippen LogP contribution is -2.51. The van der Waals surface area contributed by atoms with Crippen LogP contribution in [0.15, 0.2) is 30.3 Å². The first-order valence-electron chi connectivity index (χ1n) is 5.87. The minimum absolute atomic E-state index is 0.332. The predicted molar refractivity (Wildman–Crippen MR) is 78.7 cm³/mol. The van der Waals surface area contributed by atoms with Gasteiger partial charge in [0.1, 0.15) is 0 Å². The Morgan fingerprint density at radius 3 is 2.42 bits per heavy atom. The van der Waals surface area contributed by atoms with Gasteiger partial charge in [0.05, 0.1) is 10.8 Å². The van der Waals surface area contributed by atoms with Crippen molar-refractivity contribution in [3.8, 4) is 0 Å². The first-order chi connectivity index (χ1) is 9.00. The summed E-state index contributed by atoms with van der Waals surface area (Å²) in [7, 11) is 0.158. The summed E-state index contributed by atoms with van der Waals surface area (Å²) in [4.78, 5) is 25.9. The molecule has 1 fully saturated rings. The number of para-hydroxylation sites is 1. The fraction of sp³-hybridized carbons (Fsp3) is 0.385. The maximum absolute atomic E-state index is 12.6. The van der Waals surface area contributed by atoms with E-state index in [0.29, 0.717) is 17.2 Å². The van der Waals surface area contributed by atoms with Gasteiger partial charge in [0.15, 0.2) is 5.78 Å². The van der Waals surface area contributed by atoms with Crippen molar-refractivity contribution in [1.82, 2.24) is 0 Å². The Hall–Kier alpha value is -1.14. The van der Waals surface area contributed by atoms with Crippen LogP contribution in [0.25, 0.3) is 0 Å². The van der Waals surface area contributed by atoms with Crippen LogP contribution >= 0.6 is 11.8 Å². The van der Waals surface area contributed by atoms with Gasteiger partial charge in [-0.05, 0) is 19.1 Å². The van der Waals surface area contributed by atoms with Crippen molar-refractivity contribution >= 4 is 39.9 Å². The van der Waals surface area contributed by atoms with E-state index in [2.05, 4.69) is 0 Å². The second kappa shape index (κ2) is 5.46. The van der Waals surface area contributed by atoms with Crippen LogP contribution in [0.1, 0.15) is 6.92 Å². The SMILES string of the molecule is CC(=O)[C@]1(C(=O)N(C)c2ccccc2)SCC[S@]1=O. The first-order valence-corrected chi connectivity index (χ1v) is 8.17. The largest absolute Gasteiger partial charge is 0.313 e. The monoisotopic (exact) mass is 297 g/mol. The summed E-state index contributed by atoms with van der Waals surface area (Å²) in [5, 5.41) is 0. The number of anilines is 1. The molecule has 2 rings (SSSR count). The minimum Gasteiger partial charge on any atom is -0.313 e. The van der Waals surface area contributed by atoms with Gasteiger partial charge in [-0.25, -0.2) is 0 Å². The molecule has 0 N–H and O–H groups in total. The number of ketones is 1. The molecule has 0 radical (unpaired) electrons. The van der Waals surface area contributed by atoms with E-state index in [1.807, 2.05) is 18.2 Å². The van der Waals surface area contributed by atoms with Gasteiger partial charge in [-0.2, -0.15) is 0 Å². The van der Waals surface area contributed by atoms with E-state index in [9.17, 15) is 13.8 Å². The molecule has 1 saturated heterocycles. The van der Waals surface area contributed by atoms with Gasteiger partial charge in [0, 0.05) is 24.2 Å². The lowest BCUT2D eigenvalue weighted by Gasteiger charge is -2.28. The molecule has 1 aromatic carbocycles. The van der Waals surface area contributed by atoms with Crippen molar-refractivity contribution in [3.05, 3.63) is 30.3 Å². The van der Waals surface area contributed by atoms with Crippen LogP contribution in [-0.2, 0) is 20.4 Å². The van der Waals surface area contributed by atoms with Crippen LogP contribution in [0, 0.1) is 0 Å². The van der Waals surface area contributed by atoms with Gasteiger partial charge < -0.3 is 4.90 Å². The molecular weight excluding hydrogens is 282 g/mol. The van der Waals surface area contributed by atoms with Crippen molar-refractivity contribution in [3.63, 3.8) is 0 Å². The maximum atomic E-state index is 12.6. The number of carbonyl (C=O) groups excluding carboxylic acids is 2. The number of rotatable bonds is 3. The summed E-state index contributed by atoms with van der Waals surface area (Å²) >= 11 is 1.20. The van der Waals surface area contributed by atoms with Gasteiger partial charge in [-0.1, -0.05) is 18.2 Å². The van der Waals surface area contributed by atoms with E-state index >= 15 is 0 Å². The average molecular weight is 297 g/mol. The number of hydrogen-bond acceptors (Lipinski definition) is 4. The highest BCUT2D eigenvalue weighted by Crippen LogP contribution is 2.39. The molecule has 0 unspecified atom stereocenters. The second-order valence-electron chi connectivity index (χ2n) is 4.27. The van der Waals surface area contributed by atoms with Gasteiger partial charge in [-0.3, -0.25) is 13.8 Å². The Kier molecular flexibility index (Phi) is 4.10. The topological polar surface area (TPSA) is 54.5 Å². The number of benzene rings is 1. The zero-order valence-corrected chi connectivity index (χ0v) is 12.4. The Labute approximate surface area is 119 Å². The van der Waals surface area contributed by atoms with Gasteiger partial charge in [-0.15, -0.1) is 11.8 Å². The Morgan fingerprint density at radius 2 is 1.95 bits per heavy atom. The fourth-order valence-electron chi connectivity index (χ4n) is 2.03. The lowest BCUT2D eigenvalue weighted by atomic mass is 10.2. The van der Waals surface area contributed by atoms with Crippen molar-refractivity contribution in [2.45, 2.75) is 11.0 Å². The molecule has 102 valence electrons.